The smallest absolute Gasteiger partial charge is 0.253 e. The lowest BCUT2D eigenvalue weighted by atomic mass is 9.94. The zero-order valence-corrected chi connectivity index (χ0v) is 17.2. The first-order chi connectivity index (χ1) is 14.7. The maximum Gasteiger partial charge on any atom is 0.253 e. The summed E-state index contributed by atoms with van der Waals surface area (Å²) in [5, 5.41) is 0. The van der Waals surface area contributed by atoms with Crippen molar-refractivity contribution in [2.24, 2.45) is 5.92 Å². The van der Waals surface area contributed by atoms with Crippen molar-refractivity contribution in [2.45, 2.75) is 19.4 Å². The zero-order valence-electron chi connectivity index (χ0n) is 17.2. The summed E-state index contributed by atoms with van der Waals surface area (Å²) < 4.78 is 11.1. The number of piperidine rings is 1. The Morgan fingerprint density at radius 2 is 1.53 bits per heavy atom. The van der Waals surface area contributed by atoms with Gasteiger partial charge in [0.25, 0.3) is 5.91 Å². The number of para-hydroxylation sites is 1. The molecule has 2 aliphatic rings. The summed E-state index contributed by atoms with van der Waals surface area (Å²) in [5.41, 5.74) is 1.70. The van der Waals surface area contributed by atoms with E-state index in [0.717, 1.165) is 24.2 Å². The third kappa shape index (κ3) is 5.00. The molecule has 0 saturated carbocycles. The van der Waals surface area contributed by atoms with Crippen molar-refractivity contribution in [3.05, 3.63) is 65.7 Å². The molecule has 0 N–H and O–H groups in total. The highest BCUT2D eigenvalue weighted by molar-refractivity contribution is 5.94. The number of ether oxygens (including phenoxy) is 2. The number of amides is 2. The van der Waals surface area contributed by atoms with E-state index >= 15 is 0 Å². The van der Waals surface area contributed by atoms with Gasteiger partial charge in [0.2, 0.25) is 5.91 Å². The number of likely N-dealkylation sites (tertiary alicyclic amines) is 1. The Labute approximate surface area is 177 Å². The Hall–Kier alpha value is -2.86. The second-order valence-electron chi connectivity index (χ2n) is 7.80. The number of hydrogen-bond donors (Lipinski definition) is 0. The van der Waals surface area contributed by atoms with E-state index in [1.165, 1.54) is 0 Å². The van der Waals surface area contributed by atoms with E-state index in [4.69, 9.17) is 9.47 Å². The number of carbonyl (C=O) groups is 2. The molecule has 2 saturated heterocycles. The maximum atomic E-state index is 12.9. The summed E-state index contributed by atoms with van der Waals surface area (Å²) in [6, 6.07) is 17.3. The van der Waals surface area contributed by atoms with Gasteiger partial charge in [-0.1, -0.05) is 30.3 Å². The van der Waals surface area contributed by atoms with Crippen molar-refractivity contribution < 1.29 is 19.1 Å². The average molecular weight is 408 g/mol. The van der Waals surface area contributed by atoms with E-state index in [1.807, 2.05) is 64.4 Å². The summed E-state index contributed by atoms with van der Waals surface area (Å²) in [5.74, 6) is 1.09. The fourth-order valence-corrected chi connectivity index (χ4v) is 3.98. The monoisotopic (exact) mass is 408 g/mol. The molecule has 2 aromatic rings. The SMILES string of the molecule is O=C(c1ccc(COc2ccccc2)cc1)N1CCC(C(=O)N2CCOCC2)CC1. The van der Waals surface area contributed by atoms with E-state index < -0.39 is 0 Å². The van der Waals surface area contributed by atoms with Crippen molar-refractivity contribution in [2.75, 3.05) is 39.4 Å². The van der Waals surface area contributed by atoms with Crippen LogP contribution in [0.4, 0.5) is 0 Å². The van der Waals surface area contributed by atoms with Crippen LogP contribution in [-0.4, -0.2) is 61.0 Å². The molecule has 4 rings (SSSR count). The van der Waals surface area contributed by atoms with Crippen LogP contribution in [0.5, 0.6) is 5.75 Å². The molecule has 0 bridgehead atoms. The van der Waals surface area contributed by atoms with Crippen LogP contribution >= 0.6 is 0 Å². The molecule has 0 atom stereocenters. The van der Waals surface area contributed by atoms with Gasteiger partial charge in [-0.05, 0) is 42.7 Å². The maximum absolute atomic E-state index is 12.9. The van der Waals surface area contributed by atoms with Crippen LogP contribution in [0.15, 0.2) is 54.6 Å². The molecule has 0 spiro atoms. The number of nitrogens with zero attached hydrogens (tertiary/aromatic N) is 2. The topological polar surface area (TPSA) is 59.1 Å². The third-order valence-electron chi connectivity index (χ3n) is 5.80. The van der Waals surface area contributed by atoms with Crippen LogP contribution in [0.3, 0.4) is 0 Å². The number of hydrogen-bond acceptors (Lipinski definition) is 4. The second kappa shape index (κ2) is 9.76. The molecule has 6 nitrogen and oxygen atoms in total. The van der Waals surface area contributed by atoms with Gasteiger partial charge in [0.1, 0.15) is 12.4 Å². The van der Waals surface area contributed by atoms with Crippen molar-refractivity contribution in [1.82, 2.24) is 9.80 Å². The van der Waals surface area contributed by atoms with E-state index in [9.17, 15) is 9.59 Å². The van der Waals surface area contributed by atoms with Gasteiger partial charge in [0.15, 0.2) is 0 Å². The molecule has 2 aromatic carbocycles. The number of carbonyl (C=O) groups excluding carboxylic acids is 2. The highest BCUT2D eigenvalue weighted by Crippen LogP contribution is 2.22. The van der Waals surface area contributed by atoms with Gasteiger partial charge in [-0.2, -0.15) is 0 Å². The molecule has 0 unspecified atom stereocenters. The summed E-state index contributed by atoms with van der Waals surface area (Å²) in [7, 11) is 0. The summed E-state index contributed by atoms with van der Waals surface area (Å²) >= 11 is 0. The van der Waals surface area contributed by atoms with Gasteiger partial charge in [-0.3, -0.25) is 9.59 Å². The van der Waals surface area contributed by atoms with E-state index in [1.54, 1.807) is 0 Å². The van der Waals surface area contributed by atoms with Crippen LogP contribution in [0.25, 0.3) is 0 Å². The largest absolute Gasteiger partial charge is 0.489 e. The minimum absolute atomic E-state index is 0.0182. The lowest BCUT2D eigenvalue weighted by Gasteiger charge is -2.35. The lowest BCUT2D eigenvalue weighted by Crippen LogP contribution is -2.47. The van der Waals surface area contributed by atoms with Crippen LogP contribution in [-0.2, 0) is 16.1 Å². The second-order valence-corrected chi connectivity index (χ2v) is 7.80. The first-order valence-electron chi connectivity index (χ1n) is 10.6. The van der Waals surface area contributed by atoms with Crippen molar-refractivity contribution in [3.8, 4) is 5.75 Å². The summed E-state index contributed by atoms with van der Waals surface area (Å²) in [6.07, 6.45) is 1.45. The fraction of sp³-hybridized carbons (Fsp3) is 0.417. The first kappa shape index (κ1) is 20.4. The molecule has 2 aliphatic heterocycles. The minimum Gasteiger partial charge on any atom is -0.489 e. The average Bonchev–Trinajstić information content (AvgIpc) is 2.83. The van der Waals surface area contributed by atoms with Crippen molar-refractivity contribution >= 4 is 11.8 Å². The normalized spacial score (nSPS) is 17.6. The van der Waals surface area contributed by atoms with Gasteiger partial charge in [-0.15, -0.1) is 0 Å². The highest BCUT2D eigenvalue weighted by Gasteiger charge is 2.31. The number of morpholine rings is 1. The molecule has 6 heteroatoms. The zero-order chi connectivity index (χ0) is 20.8. The van der Waals surface area contributed by atoms with Gasteiger partial charge in [0, 0.05) is 37.7 Å². The van der Waals surface area contributed by atoms with E-state index in [-0.39, 0.29) is 17.7 Å². The van der Waals surface area contributed by atoms with Crippen LogP contribution < -0.4 is 4.74 Å². The van der Waals surface area contributed by atoms with Crippen LogP contribution in [0, 0.1) is 5.92 Å². The van der Waals surface area contributed by atoms with E-state index in [2.05, 4.69) is 0 Å². The van der Waals surface area contributed by atoms with Crippen molar-refractivity contribution in [1.29, 1.82) is 0 Å². The molecule has 2 heterocycles. The molecule has 2 fully saturated rings. The molecule has 158 valence electrons. The van der Waals surface area contributed by atoms with Crippen LogP contribution in [0.2, 0.25) is 0 Å². The van der Waals surface area contributed by atoms with Crippen molar-refractivity contribution in [3.63, 3.8) is 0 Å². The Balaban J connectivity index is 1.27. The minimum atomic E-state index is 0.0182. The predicted octanol–water partition coefficient (Wildman–Crippen LogP) is 2.98. The van der Waals surface area contributed by atoms with E-state index in [0.29, 0.717) is 51.6 Å². The molecule has 0 aromatic heterocycles. The third-order valence-corrected chi connectivity index (χ3v) is 5.80. The quantitative estimate of drug-likeness (QED) is 0.763. The molecular weight excluding hydrogens is 380 g/mol. The van der Waals surface area contributed by atoms with Gasteiger partial charge >= 0.3 is 0 Å². The molecule has 0 radical (unpaired) electrons. The fourth-order valence-electron chi connectivity index (χ4n) is 3.98. The van der Waals surface area contributed by atoms with Gasteiger partial charge in [-0.25, -0.2) is 0 Å². The Morgan fingerprint density at radius 1 is 0.867 bits per heavy atom. The highest BCUT2D eigenvalue weighted by atomic mass is 16.5. The number of benzene rings is 2. The molecular formula is C24H28N2O4. The first-order valence-corrected chi connectivity index (χ1v) is 10.6. The van der Waals surface area contributed by atoms with Gasteiger partial charge < -0.3 is 19.3 Å². The molecule has 2 amide bonds. The lowest BCUT2D eigenvalue weighted by molar-refractivity contribution is -0.141. The Kier molecular flexibility index (Phi) is 6.64. The van der Waals surface area contributed by atoms with Gasteiger partial charge in [0.05, 0.1) is 13.2 Å². The van der Waals surface area contributed by atoms with Crippen LogP contribution in [0.1, 0.15) is 28.8 Å². The predicted molar refractivity (Wildman–Crippen MR) is 113 cm³/mol. The summed E-state index contributed by atoms with van der Waals surface area (Å²) in [6.45, 7) is 4.31. The number of rotatable bonds is 5. The molecule has 30 heavy (non-hydrogen) atoms. The molecule has 0 aliphatic carbocycles. The Bertz CT molecular complexity index is 839. The standard InChI is InChI=1S/C24H28N2O4/c27-23(20-8-6-19(7-9-20)18-30-22-4-2-1-3-5-22)25-12-10-21(11-13-25)24(28)26-14-16-29-17-15-26/h1-9,21H,10-18H2. The Morgan fingerprint density at radius 3 is 2.20 bits per heavy atom. The summed E-state index contributed by atoms with van der Waals surface area (Å²) in [4.78, 5) is 29.3.